The molecule has 0 bridgehead atoms. The van der Waals surface area contributed by atoms with E-state index in [1.807, 2.05) is 68.4 Å². The summed E-state index contributed by atoms with van der Waals surface area (Å²) in [5, 5.41) is 0. The van der Waals surface area contributed by atoms with E-state index in [0.717, 1.165) is 51.0 Å². The summed E-state index contributed by atoms with van der Waals surface area (Å²) in [6, 6.07) is 44.5. The lowest BCUT2D eigenvalue weighted by molar-refractivity contribution is -0.128. The lowest BCUT2D eigenvalue weighted by atomic mass is 9.95. The second kappa shape index (κ2) is 13.8. The van der Waals surface area contributed by atoms with E-state index < -0.39 is 5.97 Å². The maximum atomic E-state index is 11.9. The monoisotopic (exact) mass is 563 g/mol. The molecule has 5 rings (SSSR count). The van der Waals surface area contributed by atoms with Crippen LogP contribution < -0.4 is 14.4 Å². The van der Waals surface area contributed by atoms with Gasteiger partial charge in [0, 0.05) is 35.3 Å². The molecule has 4 nitrogen and oxygen atoms in total. The van der Waals surface area contributed by atoms with Gasteiger partial charge in [0.05, 0.1) is 6.26 Å². The molecule has 0 spiro atoms. The minimum atomic E-state index is -0.510. The molecule has 212 valence electrons. The van der Waals surface area contributed by atoms with Crippen LogP contribution in [0.15, 0.2) is 158 Å². The summed E-state index contributed by atoms with van der Waals surface area (Å²) in [6.45, 7) is 7.49. The van der Waals surface area contributed by atoms with E-state index in [4.69, 9.17) is 9.47 Å². The van der Waals surface area contributed by atoms with Crippen molar-refractivity contribution in [3.63, 3.8) is 0 Å². The summed E-state index contributed by atoms with van der Waals surface area (Å²) in [5.41, 5.74) is 8.23. The minimum absolute atomic E-state index is 0.430. The van der Waals surface area contributed by atoms with E-state index in [1.165, 1.54) is 0 Å². The fraction of sp³-hybridized carbons (Fsp3) is 0.0513. The van der Waals surface area contributed by atoms with Gasteiger partial charge in [-0.05, 0) is 84.2 Å². The number of ether oxygens (including phenoxy) is 2. The number of esters is 1. The lowest BCUT2D eigenvalue weighted by Crippen LogP contribution is -2.11. The molecule has 0 radical (unpaired) electrons. The first-order valence-electron chi connectivity index (χ1n) is 14.1. The van der Waals surface area contributed by atoms with Gasteiger partial charge in [0.1, 0.15) is 11.5 Å². The molecule has 0 N–H and O–H groups in total. The number of hydrogen-bond acceptors (Lipinski definition) is 4. The molecule has 0 aliphatic heterocycles. The number of nitrogens with zero attached hydrogens (tertiary/aromatic N) is 1. The summed E-state index contributed by atoms with van der Waals surface area (Å²) in [6.07, 6.45) is 5.10. The lowest BCUT2D eigenvalue weighted by Gasteiger charge is -2.26. The number of benzene rings is 5. The van der Waals surface area contributed by atoms with E-state index in [1.54, 1.807) is 12.3 Å². The van der Waals surface area contributed by atoms with Gasteiger partial charge < -0.3 is 14.4 Å². The first kappa shape index (κ1) is 28.9. The van der Waals surface area contributed by atoms with Crippen LogP contribution >= 0.6 is 0 Å². The third-order valence-electron chi connectivity index (χ3n) is 6.60. The van der Waals surface area contributed by atoms with Gasteiger partial charge in [-0.3, -0.25) is 0 Å². The van der Waals surface area contributed by atoms with Crippen LogP contribution in [-0.4, -0.2) is 5.97 Å². The molecule has 4 heteroatoms. The van der Waals surface area contributed by atoms with E-state index in [0.29, 0.717) is 11.5 Å². The summed E-state index contributed by atoms with van der Waals surface area (Å²) < 4.78 is 11.3. The molecule has 43 heavy (non-hydrogen) atoms. The third-order valence-corrected chi connectivity index (χ3v) is 6.60. The van der Waals surface area contributed by atoms with Crippen LogP contribution in [0.5, 0.6) is 11.5 Å². The molecule has 0 atom stereocenters. The van der Waals surface area contributed by atoms with Gasteiger partial charge >= 0.3 is 5.97 Å². The molecule has 5 aromatic carbocycles. The second-order valence-electron chi connectivity index (χ2n) is 10.1. The molecule has 0 fully saturated rings. The first-order chi connectivity index (χ1) is 21.0. The maximum absolute atomic E-state index is 11.9. The number of carbonyl (C=O) groups excluding carboxylic acids is 1. The van der Waals surface area contributed by atoms with Crippen LogP contribution in [0.2, 0.25) is 0 Å². The standard InChI is InChI=1S/C39H33NO3/c1-4-39(41)43-37-20-12-18-35(27-37)40(34-17-11-19-36(26-34)42-28-29(2)3)33-23-21-30(22-24-33)25-38(31-13-7-5-8-14-31)32-15-9-6-10-16-32/h4-28H,1H2,2-3H3. The third kappa shape index (κ3) is 7.57. The van der Waals surface area contributed by atoms with Crippen LogP contribution in [0.1, 0.15) is 30.5 Å². The molecular weight excluding hydrogens is 530 g/mol. The average molecular weight is 564 g/mol. The van der Waals surface area contributed by atoms with Crippen LogP contribution in [0.4, 0.5) is 17.1 Å². The Bertz CT molecular complexity index is 1710. The van der Waals surface area contributed by atoms with Crippen LogP contribution in [-0.2, 0) is 4.79 Å². The molecule has 0 saturated heterocycles. The van der Waals surface area contributed by atoms with Crippen molar-refractivity contribution in [1.82, 2.24) is 0 Å². The molecule has 0 saturated carbocycles. The van der Waals surface area contributed by atoms with Crippen molar-refractivity contribution in [3.8, 4) is 11.5 Å². The van der Waals surface area contributed by atoms with Crippen LogP contribution in [0, 0.1) is 0 Å². The normalized spacial score (nSPS) is 10.3. The van der Waals surface area contributed by atoms with Crippen molar-refractivity contribution in [2.45, 2.75) is 13.8 Å². The van der Waals surface area contributed by atoms with Crippen LogP contribution in [0.25, 0.3) is 11.6 Å². The number of hydrogen-bond donors (Lipinski definition) is 0. The van der Waals surface area contributed by atoms with E-state index >= 15 is 0 Å². The van der Waals surface area contributed by atoms with E-state index in [-0.39, 0.29) is 0 Å². The highest BCUT2D eigenvalue weighted by Gasteiger charge is 2.15. The van der Waals surface area contributed by atoms with Gasteiger partial charge in [0.2, 0.25) is 0 Å². The summed E-state index contributed by atoms with van der Waals surface area (Å²) >= 11 is 0. The Morgan fingerprint density at radius 1 is 0.651 bits per heavy atom. The molecule has 0 aliphatic carbocycles. The van der Waals surface area contributed by atoms with Crippen molar-refractivity contribution in [2.75, 3.05) is 4.90 Å². The molecule has 0 amide bonds. The van der Waals surface area contributed by atoms with Crippen molar-refractivity contribution >= 4 is 34.7 Å². The minimum Gasteiger partial charge on any atom is -0.465 e. The number of carbonyl (C=O) groups is 1. The van der Waals surface area contributed by atoms with Gasteiger partial charge in [0.15, 0.2) is 0 Å². The summed E-state index contributed by atoms with van der Waals surface area (Å²) in [7, 11) is 0. The zero-order valence-corrected chi connectivity index (χ0v) is 24.3. The Morgan fingerprint density at radius 3 is 1.77 bits per heavy atom. The Balaban J connectivity index is 1.56. The Kier molecular flexibility index (Phi) is 9.30. The maximum Gasteiger partial charge on any atom is 0.335 e. The zero-order valence-electron chi connectivity index (χ0n) is 24.3. The topological polar surface area (TPSA) is 38.8 Å². The van der Waals surface area contributed by atoms with Gasteiger partial charge in [0.25, 0.3) is 0 Å². The number of rotatable bonds is 10. The fourth-order valence-electron chi connectivity index (χ4n) is 4.63. The Hall–Kier alpha value is -5.61. The molecular formula is C39H33NO3. The molecule has 5 aromatic rings. The highest BCUT2D eigenvalue weighted by atomic mass is 16.5. The largest absolute Gasteiger partial charge is 0.465 e. The van der Waals surface area contributed by atoms with Gasteiger partial charge in [-0.25, -0.2) is 4.79 Å². The quantitative estimate of drug-likeness (QED) is 0.0557. The van der Waals surface area contributed by atoms with Crippen LogP contribution in [0.3, 0.4) is 0 Å². The smallest absolute Gasteiger partial charge is 0.335 e. The first-order valence-corrected chi connectivity index (χ1v) is 14.1. The van der Waals surface area contributed by atoms with Crippen molar-refractivity contribution < 1.29 is 14.3 Å². The van der Waals surface area contributed by atoms with Crippen molar-refractivity contribution in [1.29, 1.82) is 0 Å². The molecule has 0 unspecified atom stereocenters. The molecule has 0 aromatic heterocycles. The highest BCUT2D eigenvalue weighted by Crippen LogP contribution is 2.38. The second-order valence-corrected chi connectivity index (χ2v) is 10.1. The van der Waals surface area contributed by atoms with E-state index in [9.17, 15) is 4.79 Å². The van der Waals surface area contributed by atoms with Gasteiger partial charge in [-0.15, -0.1) is 0 Å². The summed E-state index contributed by atoms with van der Waals surface area (Å²) in [4.78, 5) is 14.0. The van der Waals surface area contributed by atoms with E-state index in [2.05, 4.69) is 90.4 Å². The highest BCUT2D eigenvalue weighted by molar-refractivity contribution is 5.92. The fourth-order valence-corrected chi connectivity index (χ4v) is 4.63. The zero-order chi connectivity index (χ0) is 30.0. The molecule has 0 aliphatic rings. The van der Waals surface area contributed by atoms with Gasteiger partial charge in [-0.2, -0.15) is 0 Å². The van der Waals surface area contributed by atoms with Crippen molar-refractivity contribution in [2.24, 2.45) is 0 Å². The predicted molar refractivity (Wildman–Crippen MR) is 177 cm³/mol. The number of allylic oxidation sites excluding steroid dienone is 1. The number of anilines is 3. The summed E-state index contributed by atoms with van der Waals surface area (Å²) in [5.74, 6) is 0.636. The average Bonchev–Trinajstić information content (AvgIpc) is 3.04. The van der Waals surface area contributed by atoms with Crippen molar-refractivity contribution in [3.05, 3.63) is 175 Å². The van der Waals surface area contributed by atoms with Gasteiger partial charge in [-0.1, -0.05) is 91.5 Å². The molecule has 0 heterocycles. The predicted octanol–water partition coefficient (Wildman–Crippen LogP) is 10.1. The Labute approximate surface area is 253 Å². The SMILES string of the molecule is C=CC(=O)Oc1cccc(N(c2ccc(C=C(c3ccccc3)c3ccccc3)cc2)c2cccc(OC=C(C)C)c2)c1. The Morgan fingerprint density at radius 2 is 1.21 bits per heavy atom.